The van der Waals surface area contributed by atoms with Crippen molar-refractivity contribution < 1.29 is 9.90 Å². The van der Waals surface area contributed by atoms with E-state index in [0.29, 0.717) is 16.4 Å². The average molecular weight is 339 g/mol. The van der Waals surface area contributed by atoms with Crippen LogP contribution in [0.5, 0.6) is 0 Å². The number of amides is 1. The fourth-order valence-corrected chi connectivity index (χ4v) is 4.35. The molecule has 122 valence electrons. The first-order chi connectivity index (χ1) is 11.6. The fourth-order valence-electron chi connectivity index (χ4n) is 2.62. The third-order valence-electron chi connectivity index (χ3n) is 4.04. The molecular formula is C18H17N3O2S. The van der Waals surface area contributed by atoms with E-state index in [1.165, 1.54) is 0 Å². The Morgan fingerprint density at radius 3 is 2.25 bits per heavy atom. The average Bonchev–Trinajstić information content (AvgIpc) is 3.44. The highest BCUT2D eigenvalue weighted by molar-refractivity contribution is 7.88. The molecule has 1 aliphatic rings. The van der Waals surface area contributed by atoms with Crippen LogP contribution in [0.3, 0.4) is 0 Å². The maximum atomic E-state index is 12.0. The van der Waals surface area contributed by atoms with Crippen molar-refractivity contribution in [3.63, 3.8) is 0 Å². The summed E-state index contributed by atoms with van der Waals surface area (Å²) in [5.74, 6) is -0.829. The predicted octanol–water partition coefficient (Wildman–Crippen LogP) is 2.21. The second kappa shape index (κ2) is 6.56. The van der Waals surface area contributed by atoms with Crippen molar-refractivity contribution in [1.82, 2.24) is 0 Å². The zero-order valence-corrected chi connectivity index (χ0v) is 13.7. The molecule has 2 atom stereocenters. The number of nitrogens with two attached hydrogens (primary N) is 1. The van der Waals surface area contributed by atoms with Gasteiger partial charge in [0.25, 0.3) is 5.91 Å². The Labute approximate surface area is 142 Å². The maximum Gasteiger partial charge on any atom is 0.258 e. The largest absolute Gasteiger partial charge is 0.372 e. The van der Waals surface area contributed by atoms with Gasteiger partial charge >= 0.3 is 0 Å². The fraction of sp³-hybridized carbons (Fsp3) is 0.222. The summed E-state index contributed by atoms with van der Waals surface area (Å²) in [6.07, 6.45) is 4.04. The lowest BCUT2D eigenvalue weighted by Gasteiger charge is -2.26. The molecule has 1 amide bonds. The van der Waals surface area contributed by atoms with Gasteiger partial charge in [-0.2, -0.15) is 5.26 Å². The SMILES string of the molecule is N#CN=S(c1ccc(C(O)(C(N)=O)c2ccccc2)cc1)C1CC1. The molecule has 0 saturated heterocycles. The molecule has 0 radical (unpaired) electrons. The summed E-state index contributed by atoms with van der Waals surface area (Å²) in [6.45, 7) is 0. The molecule has 0 bridgehead atoms. The standard InChI is InChI=1S/C18H17N3O2S/c19-12-21-24(16-10-11-16)15-8-6-14(7-9-15)18(23,17(20)22)13-4-2-1-3-5-13/h1-9,16,23H,10-11H2,(H2,20,22). The first-order valence-corrected chi connectivity index (χ1v) is 8.83. The van der Waals surface area contributed by atoms with E-state index in [-0.39, 0.29) is 0 Å². The highest BCUT2D eigenvalue weighted by atomic mass is 32.2. The van der Waals surface area contributed by atoms with Gasteiger partial charge in [-0.25, -0.2) is 0 Å². The van der Waals surface area contributed by atoms with Crippen molar-refractivity contribution in [2.45, 2.75) is 28.6 Å². The molecule has 0 spiro atoms. The molecule has 0 aromatic heterocycles. The van der Waals surface area contributed by atoms with Gasteiger partial charge in [-0.05, 0) is 46.8 Å². The van der Waals surface area contributed by atoms with Gasteiger partial charge in [-0.1, -0.05) is 42.5 Å². The minimum Gasteiger partial charge on any atom is -0.372 e. The van der Waals surface area contributed by atoms with E-state index in [0.717, 1.165) is 17.7 Å². The molecule has 3 rings (SSSR count). The molecule has 1 saturated carbocycles. The maximum absolute atomic E-state index is 12.0. The summed E-state index contributed by atoms with van der Waals surface area (Å²) in [7, 11) is -0.453. The van der Waals surface area contributed by atoms with Gasteiger partial charge in [-0.15, -0.1) is 4.36 Å². The lowest BCUT2D eigenvalue weighted by Crippen LogP contribution is -2.42. The van der Waals surface area contributed by atoms with E-state index in [4.69, 9.17) is 11.0 Å². The van der Waals surface area contributed by atoms with Crippen LogP contribution in [0, 0.1) is 11.5 Å². The molecule has 0 aliphatic heterocycles. The number of carbonyl (C=O) groups is 1. The van der Waals surface area contributed by atoms with Crippen LogP contribution in [0.1, 0.15) is 24.0 Å². The third kappa shape index (κ3) is 2.96. The lowest BCUT2D eigenvalue weighted by atomic mass is 9.86. The van der Waals surface area contributed by atoms with Crippen molar-refractivity contribution >= 4 is 16.6 Å². The predicted molar refractivity (Wildman–Crippen MR) is 91.8 cm³/mol. The molecule has 2 unspecified atom stereocenters. The van der Waals surface area contributed by atoms with E-state index in [1.807, 2.05) is 18.3 Å². The normalized spacial score (nSPS) is 17.7. The van der Waals surface area contributed by atoms with Crippen LogP contribution in [0.4, 0.5) is 0 Å². The van der Waals surface area contributed by atoms with Crippen molar-refractivity contribution in [2.24, 2.45) is 10.1 Å². The summed E-state index contributed by atoms with van der Waals surface area (Å²) in [5, 5.41) is 20.2. The highest BCUT2D eigenvalue weighted by Gasteiger charge is 2.38. The summed E-state index contributed by atoms with van der Waals surface area (Å²) >= 11 is 0. The minimum atomic E-state index is -1.88. The Bertz CT molecular complexity index is 824. The van der Waals surface area contributed by atoms with Crippen molar-refractivity contribution in [3.8, 4) is 6.19 Å². The van der Waals surface area contributed by atoms with Gasteiger partial charge < -0.3 is 10.8 Å². The van der Waals surface area contributed by atoms with Gasteiger partial charge in [0.15, 0.2) is 5.60 Å². The Morgan fingerprint density at radius 1 is 1.17 bits per heavy atom. The number of hydrogen-bond donors (Lipinski definition) is 2. The molecule has 6 heteroatoms. The van der Waals surface area contributed by atoms with E-state index in [9.17, 15) is 9.90 Å². The number of carbonyl (C=O) groups excluding carboxylic acids is 1. The van der Waals surface area contributed by atoms with E-state index < -0.39 is 22.2 Å². The Hall–Kier alpha value is -2.49. The van der Waals surface area contributed by atoms with Gasteiger partial charge in [-0.3, -0.25) is 4.79 Å². The third-order valence-corrected chi connectivity index (χ3v) is 6.18. The second-order valence-corrected chi connectivity index (χ2v) is 7.62. The Balaban J connectivity index is 2.01. The number of nitriles is 1. The number of aliphatic hydroxyl groups is 1. The summed E-state index contributed by atoms with van der Waals surface area (Å²) in [5.41, 5.74) is 4.43. The van der Waals surface area contributed by atoms with Gasteiger partial charge in [0.05, 0.1) is 0 Å². The number of primary amides is 1. The van der Waals surface area contributed by atoms with Crippen LogP contribution in [-0.4, -0.2) is 16.3 Å². The molecular weight excluding hydrogens is 322 g/mol. The number of rotatable bonds is 5. The molecule has 1 fully saturated rings. The summed E-state index contributed by atoms with van der Waals surface area (Å²) in [6, 6.07) is 15.6. The quantitative estimate of drug-likeness (QED) is 0.817. The Morgan fingerprint density at radius 2 is 1.75 bits per heavy atom. The van der Waals surface area contributed by atoms with Gasteiger partial charge in [0, 0.05) is 10.1 Å². The van der Waals surface area contributed by atoms with Crippen molar-refractivity contribution in [3.05, 3.63) is 65.7 Å². The van der Waals surface area contributed by atoms with Crippen LogP contribution in [0.15, 0.2) is 63.9 Å². The topological polar surface area (TPSA) is 99.5 Å². The van der Waals surface area contributed by atoms with Crippen LogP contribution in [-0.2, 0) is 21.1 Å². The molecule has 3 N–H and O–H groups in total. The number of hydrogen-bond acceptors (Lipinski definition) is 4. The van der Waals surface area contributed by atoms with Gasteiger partial charge in [0.1, 0.15) is 0 Å². The monoisotopic (exact) mass is 339 g/mol. The first kappa shape index (κ1) is 16.4. The van der Waals surface area contributed by atoms with Gasteiger partial charge in [0.2, 0.25) is 6.19 Å². The van der Waals surface area contributed by atoms with Crippen molar-refractivity contribution in [1.29, 1.82) is 5.26 Å². The minimum absolute atomic E-state index is 0.404. The zero-order chi connectivity index (χ0) is 17.2. The summed E-state index contributed by atoms with van der Waals surface area (Å²) < 4.78 is 4.02. The van der Waals surface area contributed by atoms with Crippen LogP contribution < -0.4 is 5.73 Å². The summed E-state index contributed by atoms with van der Waals surface area (Å²) in [4.78, 5) is 12.9. The van der Waals surface area contributed by atoms with E-state index in [2.05, 4.69) is 4.36 Å². The molecule has 2 aromatic carbocycles. The molecule has 2 aromatic rings. The van der Waals surface area contributed by atoms with Crippen LogP contribution >= 0.6 is 0 Å². The van der Waals surface area contributed by atoms with Crippen LogP contribution in [0.25, 0.3) is 0 Å². The number of nitrogens with zero attached hydrogens (tertiary/aromatic N) is 2. The Kier molecular flexibility index (Phi) is 4.47. The molecule has 1 aliphatic carbocycles. The zero-order valence-electron chi connectivity index (χ0n) is 12.9. The van der Waals surface area contributed by atoms with Crippen molar-refractivity contribution in [2.75, 3.05) is 0 Å². The van der Waals surface area contributed by atoms with E-state index >= 15 is 0 Å². The molecule has 24 heavy (non-hydrogen) atoms. The highest BCUT2D eigenvalue weighted by Crippen LogP contribution is 2.34. The molecule has 5 nitrogen and oxygen atoms in total. The smallest absolute Gasteiger partial charge is 0.258 e. The van der Waals surface area contributed by atoms with E-state index in [1.54, 1.807) is 42.5 Å². The van der Waals surface area contributed by atoms with Crippen LogP contribution in [0.2, 0.25) is 0 Å². The first-order valence-electron chi connectivity index (χ1n) is 7.58. The second-order valence-electron chi connectivity index (χ2n) is 5.67. The lowest BCUT2D eigenvalue weighted by molar-refractivity contribution is -0.133. The number of benzene rings is 2. The molecule has 0 heterocycles.